The summed E-state index contributed by atoms with van der Waals surface area (Å²) >= 11 is 0. The van der Waals surface area contributed by atoms with Crippen LogP contribution in [-0.4, -0.2) is 24.4 Å². The molecule has 0 fully saturated rings. The monoisotopic (exact) mass is 294 g/mol. The fourth-order valence-corrected chi connectivity index (χ4v) is 1.74. The van der Waals surface area contributed by atoms with Crippen molar-refractivity contribution >= 4 is 0 Å². The fraction of sp³-hybridized carbons (Fsp3) is 0.176. The molecule has 0 heterocycles. The SMILES string of the molecule is N#Cc1ccc(OC[C@@H](CO)Oc2ccc(C#N)cc2)cc1. The molecule has 0 radical (unpaired) electrons. The normalized spacial score (nSPS) is 11.0. The average molecular weight is 294 g/mol. The van der Waals surface area contributed by atoms with Crippen molar-refractivity contribution in [3.05, 3.63) is 59.7 Å². The minimum Gasteiger partial charge on any atom is -0.490 e. The predicted molar refractivity (Wildman–Crippen MR) is 79.3 cm³/mol. The van der Waals surface area contributed by atoms with Crippen LogP contribution in [-0.2, 0) is 0 Å². The van der Waals surface area contributed by atoms with Gasteiger partial charge in [0, 0.05) is 0 Å². The highest BCUT2D eigenvalue weighted by atomic mass is 16.5. The summed E-state index contributed by atoms with van der Waals surface area (Å²) in [5.41, 5.74) is 1.10. The molecular formula is C17H14N2O3. The molecule has 1 atom stereocenters. The molecule has 0 saturated heterocycles. The molecule has 0 aliphatic heterocycles. The van der Waals surface area contributed by atoms with E-state index in [4.69, 9.17) is 20.0 Å². The summed E-state index contributed by atoms with van der Waals surface area (Å²) < 4.78 is 11.1. The second kappa shape index (κ2) is 7.68. The average Bonchev–Trinajstić information content (AvgIpc) is 2.59. The van der Waals surface area contributed by atoms with Gasteiger partial charge < -0.3 is 14.6 Å². The molecule has 0 saturated carbocycles. The van der Waals surface area contributed by atoms with E-state index in [1.54, 1.807) is 48.5 Å². The zero-order valence-electron chi connectivity index (χ0n) is 11.8. The Labute approximate surface area is 128 Å². The maximum atomic E-state index is 9.35. The lowest BCUT2D eigenvalue weighted by Crippen LogP contribution is -2.28. The lowest BCUT2D eigenvalue weighted by atomic mass is 10.2. The zero-order chi connectivity index (χ0) is 15.8. The number of hydrogen-bond donors (Lipinski definition) is 1. The number of hydrogen-bond acceptors (Lipinski definition) is 5. The number of nitriles is 2. The third-order valence-electron chi connectivity index (χ3n) is 2.91. The van der Waals surface area contributed by atoms with Crippen LogP contribution in [0, 0.1) is 22.7 Å². The van der Waals surface area contributed by atoms with E-state index < -0.39 is 6.10 Å². The van der Waals surface area contributed by atoms with Crippen LogP contribution in [0.5, 0.6) is 11.5 Å². The first-order valence-electron chi connectivity index (χ1n) is 6.66. The minimum absolute atomic E-state index is 0.169. The number of aliphatic hydroxyl groups is 1. The summed E-state index contributed by atoms with van der Waals surface area (Å²) in [6, 6.07) is 17.4. The number of ether oxygens (including phenoxy) is 2. The molecule has 110 valence electrons. The van der Waals surface area contributed by atoms with Crippen LogP contribution in [0.15, 0.2) is 48.5 Å². The summed E-state index contributed by atoms with van der Waals surface area (Å²) in [7, 11) is 0. The highest BCUT2D eigenvalue weighted by Crippen LogP contribution is 2.15. The van der Waals surface area contributed by atoms with Gasteiger partial charge in [0.1, 0.15) is 18.1 Å². The maximum absolute atomic E-state index is 9.35. The van der Waals surface area contributed by atoms with Crippen molar-refractivity contribution in [1.82, 2.24) is 0 Å². The first kappa shape index (κ1) is 15.4. The predicted octanol–water partition coefficient (Wildman–Crippen LogP) is 2.25. The van der Waals surface area contributed by atoms with Gasteiger partial charge in [-0.2, -0.15) is 10.5 Å². The molecule has 2 aromatic rings. The van der Waals surface area contributed by atoms with E-state index in [0.717, 1.165) is 0 Å². The van der Waals surface area contributed by atoms with Crippen molar-refractivity contribution in [2.24, 2.45) is 0 Å². The number of benzene rings is 2. The van der Waals surface area contributed by atoms with Crippen LogP contribution < -0.4 is 9.47 Å². The van der Waals surface area contributed by atoms with Crippen molar-refractivity contribution in [3.8, 4) is 23.6 Å². The number of rotatable bonds is 6. The first-order valence-corrected chi connectivity index (χ1v) is 6.66. The highest BCUT2D eigenvalue weighted by Gasteiger charge is 2.10. The van der Waals surface area contributed by atoms with Crippen LogP contribution >= 0.6 is 0 Å². The van der Waals surface area contributed by atoms with Crippen LogP contribution in [0.1, 0.15) is 11.1 Å². The Kier molecular flexibility index (Phi) is 5.37. The van der Waals surface area contributed by atoms with E-state index in [-0.39, 0.29) is 13.2 Å². The second-order valence-corrected chi connectivity index (χ2v) is 4.51. The van der Waals surface area contributed by atoms with Gasteiger partial charge in [-0.25, -0.2) is 0 Å². The molecule has 0 bridgehead atoms. The van der Waals surface area contributed by atoms with E-state index in [9.17, 15) is 5.11 Å². The summed E-state index contributed by atoms with van der Waals surface area (Å²) in [4.78, 5) is 0. The Bertz CT molecular complexity index is 682. The highest BCUT2D eigenvalue weighted by molar-refractivity contribution is 5.35. The van der Waals surface area contributed by atoms with Gasteiger partial charge in [0.15, 0.2) is 6.10 Å². The topological polar surface area (TPSA) is 86.3 Å². The van der Waals surface area contributed by atoms with Gasteiger partial charge in [-0.3, -0.25) is 0 Å². The lowest BCUT2D eigenvalue weighted by Gasteiger charge is -2.17. The van der Waals surface area contributed by atoms with Crippen LogP contribution in [0.2, 0.25) is 0 Å². The van der Waals surface area contributed by atoms with Gasteiger partial charge in [-0.1, -0.05) is 0 Å². The molecule has 5 nitrogen and oxygen atoms in total. The molecule has 2 aromatic carbocycles. The van der Waals surface area contributed by atoms with E-state index >= 15 is 0 Å². The van der Waals surface area contributed by atoms with Crippen LogP contribution in [0.3, 0.4) is 0 Å². The standard InChI is InChI=1S/C17H14N2O3/c18-9-13-1-5-15(6-2-13)21-12-17(11-20)22-16-7-3-14(10-19)4-8-16/h1-8,17,20H,11-12H2/t17-/m1/s1. The molecule has 1 N–H and O–H groups in total. The largest absolute Gasteiger partial charge is 0.490 e. The fourth-order valence-electron chi connectivity index (χ4n) is 1.74. The quantitative estimate of drug-likeness (QED) is 0.883. The van der Waals surface area contributed by atoms with Crippen molar-refractivity contribution in [1.29, 1.82) is 10.5 Å². The van der Waals surface area contributed by atoms with Gasteiger partial charge >= 0.3 is 0 Å². The van der Waals surface area contributed by atoms with Crippen LogP contribution in [0.4, 0.5) is 0 Å². The van der Waals surface area contributed by atoms with E-state index in [1.807, 2.05) is 12.1 Å². The summed E-state index contributed by atoms with van der Waals surface area (Å²) in [5.74, 6) is 1.15. The molecule has 0 spiro atoms. The zero-order valence-corrected chi connectivity index (χ0v) is 11.8. The molecule has 0 amide bonds. The second-order valence-electron chi connectivity index (χ2n) is 4.51. The number of aliphatic hydroxyl groups excluding tert-OH is 1. The Morgan fingerprint density at radius 3 is 1.82 bits per heavy atom. The van der Waals surface area contributed by atoms with E-state index in [1.165, 1.54) is 0 Å². The van der Waals surface area contributed by atoms with Gasteiger partial charge in [-0.05, 0) is 48.5 Å². The molecule has 0 aliphatic rings. The molecule has 5 heteroatoms. The van der Waals surface area contributed by atoms with Crippen molar-refractivity contribution in [2.45, 2.75) is 6.10 Å². The van der Waals surface area contributed by atoms with Crippen LogP contribution in [0.25, 0.3) is 0 Å². The Hall–Kier alpha value is -3.02. The molecule has 0 unspecified atom stereocenters. The van der Waals surface area contributed by atoms with Gasteiger partial charge in [0.25, 0.3) is 0 Å². The third kappa shape index (κ3) is 4.24. The molecule has 0 aliphatic carbocycles. The summed E-state index contributed by atoms with van der Waals surface area (Å²) in [6.07, 6.45) is -0.524. The molecular weight excluding hydrogens is 280 g/mol. The van der Waals surface area contributed by atoms with Crippen molar-refractivity contribution in [3.63, 3.8) is 0 Å². The van der Waals surface area contributed by atoms with E-state index in [2.05, 4.69) is 0 Å². The maximum Gasteiger partial charge on any atom is 0.155 e. The first-order chi connectivity index (χ1) is 10.7. The van der Waals surface area contributed by atoms with E-state index in [0.29, 0.717) is 22.6 Å². The lowest BCUT2D eigenvalue weighted by molar-refractivity contribution is 0.0718. The molecule has 2 rings (SSSR count). The Morgan fingerprint density at radius 1 is 0.864 bits per heavy atom. The van der Waals surface area contributed by atoms with Gasteiger partial charge in [0.2, 0.25) is 0 Å². The minimum atomic E-state index is -0.524. The Morgan fingerprint density at radius 2 is 1.36 bits per heavy atom. The number of nitrogens with zero attached hydrogens (tertiary/aromatic N) is 2. The van der Waals surface area contributed by atoms with Gasteiger partial charge in [-0.15, -0.1) is 0 Å². The summed E-state index contributed by atoms with van der Waals surface area (Å²) in [6.45, 7) is -0.0291. The smallest absolute Gasteiger partial charge is 0.155 e. The Balaban J connectivity index is 1.91. The summed E-state index contributed by atoms with van der Waals surface area (Å²) in [5, 5.41) is 26.8. The van der Waals surface area contributed by atoms with Crippen molar-refractivity contribution in [2.75, 3.05) is 13.2 Å². The van der Waals surface area contributed by atoms with Gasteiger partial charge in [0.05, 0.1) is 29.9 Å². The third-order valence-corrected chi connectivity index (χ3v) is 2.91. The van der Waals surface area contributed by atoms with Crippen molar-refractivity contribution < 1.29 is 14.6 Å². The molecule has 22 heavy (non-hydrogen) atoms. The molecule has 0 aromatic heterocycles.